The zero-order chi connectivity index (χ0) is 15.9. The number of aromatic nitrogens is 3. The topological polar surface area (TPSA) is 78.4 Å². The van der Waals surface area contributed by atoms with Gasteiger partial charge in [0.05, 0.1) is 32.1 Å². The Hall–Kier alpha value is -2.25. The Morgan fingerprint density at radius 1 is 1.26 bits per heavy atom. The molecule has 122 valence electrons. The number of methoxy groups -OCH3 is 1. The molecule has 0 unspecified atom stereocenters. The van der Waals surface area contributed by atoms with Crippen LogP contribution >= 0.6 is 0 Å². The number of hydrogen-bond donors (Lipinski definition) is 1. The van der Waals surface area contributed by atoms with Crippen molar-refractivity contribution in [2.45, 2.75) is 25.2 Å². The average molecular weight is 316 g/mol. The summed E-state index contributed by atoms with van der Waals surface area (Å²) in [6, 6.07) is 7.57. The largest absolute Gasteiger partial charge is 0.481 e. The fourth-order valence-corrected chi connectivity index (χ4v) is 2.41. The molecule has 0 radical (unpaired) electrons. The van der Waals surface area contributed by atoms with E-state index in [2.05, 4.69) is 20.3 Å². The molecule has 2 aromatic heterocycles. The van der Waals surface area contributed by atoms with Crippen LogP contribution in [0.5, 0.6) is 5.88 Å². The van der Waals surface area contributed by atoms with E-state index >= 15 is 0 Å². The monoisotopic (exact) mass is 316 g/mol. The highest BCUT2D eigenvalue weighted by Gasteiger charge is 2.27. The SMILES string of the molecule is COc1ccnc(N[C@H]2CCOC[C@@H]2OCc2ccccn2)n1. The molecule has 23 heavy (non-hydrogen) atoms. The summed E-state index contributed by atoms with van der Waals surface area (Å²) in [6.45, 7) is 1.67. The quantitative estimate of drug-likeness (QED) is 0.868. The van der Waals surface area contributed by atoms with Crippen LogP contribution in [0.15, 0.2) is 36.7 Å². The smallest absolute Gasteiger partial charge is 0.226 e. The van der Waals surface area contributed by atoms with E-state index in [1.54, 1.807) is 25.6 Å². The van der Waals surface area contributed by atoms with E-state index < -0.39 is 0 Å². The lowest BCUT2D eigenvalue weighted by Gasteiger charge is -2.32. The molecule has 0 aromatic carbocycles. The first kappa shape index (κ1) is 15.6. The molecule has 7 nitrogen and oxygen atoms in total. The van der Waals surface area contributed by atoms with Crippen molar-refractivity contribution in [3.05, 3.63) is 42.4 Å². The third-order valence-electron chi connectivity index (χ3n) is 3.63. The van der Waals surface area contributed by atoms with E-state index in [0.29, 0.717) is 31.6 Å². The maximum atomic E-state index is 5.97. The van der Waals surface area contributed by atoms with Gasteiger partial charge in [-0.25, -0.2) is 4.98 Å². The summed E-state index contributed by atoms with van der Waals surface area (Å²) in [5, 5.41) is 3.31. The van der Waals surface area contributed by atoms with Crippen LogP contribution in [0.2, 0.25) is 0 Å². The van der Waals surface area contributed by atoms with Crippen LogP contribution in [-0.4, -0.2) is 47.4 Å². The highest BCUT2D eigenvalue weighted by molar-refractivity contribution is 5.29. The normalized spacial score (nSPS) is 20.9. The van der Waals surface area contributed by atoms with Crippen LogP contribution in [-0.2, 0) is 16.1 Å². The Bertz CT molecular complexity index is 611. The molecule has 0 spiro atoms. The predicted octanol–water partition coefficient (Wildman–Crippen LogP) is 1.67. The fraction of sp³-hybridized carbons (Fsp3) is 0.438. The molecule has 0 amide bonds. The van der Waals surface area contributed by atoms with Crippen LogP contribution in [0, 0.1) is 0 Å². The standard InChI is InChI=1S/C16H20N4O3/c1-21-15-5-8-18-16(20-15)19-13-6-9-22-11-14(13)23-10-12-4-2-3-7-17-12/h2-5,7-8,13-14H,6,9-11H2,1H3,(H,18,19,20)/t13-,14-/m0/s1. The molecule has 7 heteroatoms. The minimum atomic E-state index is -0.0828. The van der Waals surface area contributed by atoms with Crippen molar-refractivity contribution in [2.75, 3.05) is 25.6 Å². The van der Waals surface area contributed by atoms with Gasteiger partial charge in [0.1, 0.15) is 6.10 Å². The van der Waals surface area contributed by atoms with Crippen molar-refractivity contribution < 1.29 is 14.2 Å². The molecule has 3 heterocycles. The third kappa shape index (κ3) is 4.37. The molecule has 1 aliphatic rings. The van der Waals surface area contributed by atoms with Crippen molar-refractivity contribution in [3.63, 3.8) is 0 Å². The first-order valence-corrected chi connectivity index (χ1v) is 7.58. The van der Waals surface area contributed by atoms with Crippen LogP contribution in [0.1, 0.15) is 12.1 Å². The zero-order valence-electron chi connectivity index (χ0n) is 13.0. The molecule has 1 fully saturated rings. The van der Waals surface area contributed by atoms with Gasteiger partial charge in [-0.1, -0.05) is 6.07 Å². The summed E-state index contributed by atoms with van der Waals surface area (Å²) in [5.74, 6) is 1.06. The van der Waals surface area contributed by atoms with Gasteiger partial charge in [-0.05, 0) is 18.6 Å². The number of ether oxygens (including phenoxy) is 3. The van der Waals surface area contributed by atoms with Gasteiger partial charge in [-0.15, -0.1) is 0 Å². The summed E-state index contributed by atoms with van der Waals surface area (Å²) in [7, 11) is 1.58. The third-order valence-corrected chi connectivity index (χ3v) is 3.63. The van der Waals surface area contributed by atoms with Gasteiger partial charge in [0.15, 0.2) is 0 Å². The maximum absolute atomic E-state index is 5.97. The number of nitrogens with zero attached hydrogens (tertiary/aromatic N) is 3. The predicted molar refractivity (Wildman–Crippen MR) is 84.2 cm³/mol. The van der Waals surface area contributed by atoms with E-state index in [4.69, 9.17) is 14.2 Å². The van der Waals surface area contributed by atoms with Gasteiger partial charge in [-0.3, -0.25) is 4.98 Å². The van der Waals surface area contributed by atoms with Crippen molar-refractivity contribution in [1.82, 2.24) is 15.0 Å². The Balaban J connectivity index is 1.61. The summed E-state index contributed by atoms with van der Waals surface area (Å²) in [6.07, 6.45) is 4.17. The minimum Gasteiger partial charge on any atom is -0.481 e. The van der Waals surface area contributed by atoms with Gasteiger partial charge in [0, 0.05) is 25.1 Å². The average Bonchev–Trinajstić information content (AvgIpc) is 2.62. The highest BCUT2D eigenvalue weighted by Crippen LogP contribution is 2.17. The lowest BCUT2D eigenvalue weighted by molar-refractivity contribution is -0.0646. The molecule has 0 aliphatic carbocycles. The van der Waals surface area contributed by atoms with Crippen LogP contribution < -0.4 is 10.1 Å². The Morgan fingerprint density at radius 3 is 3.04 bits per heavy atom. The summed E-state index contributed by atoms with van der Waals surface area (Å²) < 4.78 is 16.6. The van der Waals surface area contributed by atoms with Gasteiger partial charge >= 0.3 is 0 Å². The van der Waals surface area contributed by atoms with Gasteiger partial charge < -0.3 is 19.5 Å². The summed E-state index contributed by atoms with van der Waals surface area (Å²) in [5.41, 5.74) is 0.898. The minimum absolute atomic E-state index is 0.0828. The van der Waals surface area contributed by atoms with Crippen LogP contribution in [0.4, 0.5) is 5.95 Å². The van der Waals surface area contributed by atoms with Crippen LogP contribution in [0.3, 0.4) is 0 Å². The van der Waals surface area contributed by atoms with Crippen molar-refractivity contribution in [3.8, 4) is 5.88 Å². The number of hydrogen-bond acceptors (Lipinski definition) is 7. The van der Waals surface area contributed by atoms with E-state index in [-0.39, 0.29) is 12.1 Å². The lowest BCUT2D eigenvalue weighted by atomic mass is 10.1. The van der Waals surface area contributed by atoms with E-state index in [9.17, 15) is 0 Å². The van der Waals surface area contributed by atoms with Crippen LogP contribution in [0.25, 0.3) is 0 Å². The van der Waals surface area contributed by atoms with Crippen molar-refractivity contribution >= 4 is 5.95 Å². The zero-order valence-corrected chi connectivity index (χ0v) is 13.0. The highest BCUT2D eigenvalue weighted by atomic mass is 16.5. The Labute approximate surface area is 135 Å². The number of rotatable bonds is 6. The van der Waals surface area contributed by atoms with E-state index in [0.717, 1.165) is 12.1 Å². The van der Waals surface area contributed by atoms with Crippen molar-refractivity contribution in [2.24, 2.45) is 0 Å². The number of anilines is 1. The molecule has 1 saturated heterocycles. The lowest BCUT2D eigenvalue weighted by Crippen LogP contribution is -2.44. The second-order valence-electron chi connectivity index (χ2n) is 5.21. The molecular weight excluding hydrogens is 296 g/mol. The molecule has 2 aromatic rings. The Morgan fingerprint density at radius 2 is 2.22 bits per heavy atom. The summed E-state index contributed by atoms with van der Waals surface area (Å²) >= 11 is 0. The molecule has 1 N–H and O–H groups in total. The molecule has 2 atom stereocenters. The molecule has 0 bridgehead atoms. The second-order valence-corrected chi connectivity index (χ2v) is 5.21. The molecule has 0 saturated carbocycles. The first-order valence-electron chi connectivity index (χ1n) is 7.58. The molecular formula is C16H20N4O3. The Kier molecular flexibility index (Phi) is 5.33. The first-order chi connectivity index (χ1) is 11.3. The number of nitrogens with one attached hydrogen (secondary N) is 1. The second kappa shape index (κ2) is 7.85. The molecule has 1 aliphatic heterocycles. The molecule has 3 rings (SSSR count). The van der Waals surface area contributed by atoms with Gasteiger partial charge in [-0.2, -0.15) is 4.98 Å². The van der Waals surface area contributed by atoms with Crippen molar-refractivity contribution in [1.29, 1.82) is 0 Å². The van der Waals surface area contributed by atoms with E-state index in [1.165, 1.54) is 0 Å². The van der Waals surface area contributed by atoms with Gasteiger partial charge in [0.25, 0.3) is 0 Å². The maximum Gasteiger partial charge on any atom is 0.226 e. The number of pyridine rings is 1. The van der Waals surface area contributed by atoms with Gasteiger partial charge in [0.2, 0.25) is 11.8 Å². The summed E-state index contributed by atoms with van der Waals surface area (Å²) in [4.78, 5) is 12.8. The van der Waals surface area contributed by atoms with E-state index in [1.807, 2.05) is 18.2 Å². The fourth-order valence-electron chi connectivity index (χ4n) is 2.41.